The molecule has 2 aromatic rings. The van der Waals surface area contributed by atoms with Gasteiger partial charge in [-0.2, -0.15) is 0 Å². The van der Waals surface area contributed by atoms with Crippen molar-refractivity contribution in [3.8, 4) is 0 Å². The standard InChI is InChI=1S/C18H26N4OS/c1-12(2)14-10-24-16(21-14)13-6-5-7-22(9-13)17(23)18(3,4)15-8-19-11-20-15/h8,10-13H,5-7,9H2,1-4H3,(H,19,20)/t13-/m1/s1. The second-order valence-corrected chi connectivity index (χ2v) is 8.34. The Morgan fingerprint density at radius 1 is 1.46 bits per heavy atom. The summed E-state index contributed by atoms with van der Waals surface area (Å²) in [6.07, 6.45) is 5.52. The summed E-state index contributed by atoms with van der Waals surface area (Å²) in [5.74, 6) is 0.977. The minimum absolute atomic E-state index is 0.164. The van der Waals surface area contributed by atoms with Gasteiger partial charge in [0.1, 0.15) is 0 Å². The third kappa shape index (κ3) is 3.24. The fourth-order valence-electron chi connectivity index (χ4n) is 3.22. The van der Waals surface area contributed by atoms with Crippen molar-refractivity contribution in [1.29, 1.82) is 0 Å². The van der Waals surface area contributed by atoms with Crippen molar-refractivity contribution in [3.05, 3.63) is 34.3 Å². The number of aromatic amines is 1. The van der Waals surface area contributed by atoms with E-state index in [9.17, 15) is 4.79 Å². The normalized spacial score (nSPS) is 19.0. The fourth-order valence-corrected chi connectivity index (χ4v) is 4.33. The van der Waals surface area contributed by atoms with E-state index in [0.29, 0.717) is 11.8 Å². The van der Waals surface area contributed by atoms with Crippen molar-refractivity contribution in [2.75, 3.05) is 13.1 Å². The Morgan fingerprint density at radius 2 is 2.25 bits per heavy atom. The molecule has 0 saturated carbocycles. The first-order valence-corrected chi connectivity index (χ1v) is 9.51. The Morgan fingerprint density at radius 3 is 2.88 bits per heavy atom. The van der Waals surface area contributed by atoms with Gasteiger partial charge in [0, 0.05) is 36.3 Å². The van der Waals surface area contributed by atoms with Crippen LogP contribution in [0.5, 0.6) is 0 Å². The summed E-state index contributed by atoms with van der Waals surface area (Å²) in [7, 11) is 0. The molecule has 0 unspecified atom stereocenters. The van der Waals surface area contributed by atoms with Gasteiger partial charge in [-0.05, 0) is 32.6 Å². The van der Waals surface area contributed by atoms with Crippen LogP contribution in [0.4, 0.5) is 0 Å². The van der Waals surface area contributed by atoms with Gasteiger partial charge in [0.05, 0.1) is 22.4 Å². The molecule has 0 aromatic carbocycles. The van der Waals surface area contributed by atoms with Crippen LogP contribution in [0.25, 0.3) is 0 Å². The number of thiazole rings is 1. The van der Waals surface area contributed by atoms with Gasteiger partial charge in [-0.3, -0.25) is 4.79 Å². The third-order valence-corrected chi connectivity index (χ3v) is 5.92. The number of H-pyrrole nitrogens is 1. The van der Waals surface area contributed by atoms with Gasteiger partial charge in [0.15, 0.2) is 0 Å². The number of carbonyl (C=O) groups is 1. The summed E-state index contributed by atoms with van der Waals surface area (Å²) < 4.78 is 0. The van der Waals surface area contributed by atoms with Crippen molar-refractivity contribution in [3.63, 3.8) is 0 Å². The van der Waals surface area contributed by atoms with Crippen LogP contribution in [0, 0.1) is 0 Å². The molecule has 1 N–H and O–H groups in total. The number of rotatable bonds is 4. The first-order chi connectivity index (χ1) is 11.4. The molecule has 1 aliphatic heterocycles. The Hall–Kier alpha value is -1.69. The number of hydrogen-bond acceptors (Lipinski definition) is 4. The molecule has 3 heterocycles. The second-order valence-electron chi connectivity index (χ2n) is 7.45. The topological polar surface area (TPSA) is 61.9 Å². The molecule has 0 spiro atoms. The lowest BCUT2D eigenvalue weighted by atomic mass is 9.86. The van der Waals surface area contributed by atoms with Gasteiger partial charge < -0.3 is 9.88 Å². The highest BCUT2D eigenvalue weighted by Crippen LogP contribution is 2.33. The summed E-state index contributed by atoms with van der Waals surface area (Å²) in [4.78, 5) is 27.0. The van der Waals surface area contributed by atoms with Crippen LogP contribution in [0.15, 0.2) is 17.9 Å². The van der Waals surface area contributed by atoms with Gasteiger partial charge >= 0.3 is 0 Å². The molecule has 1 atom stereocenters. The van der Waals surface area contributed by atoms with Crippen molar-refractivity contribution in [2.45, 2.75) is 57.8 Å². The molecule has 1 amide bonds. The average molecular weight is 346 g/mol. The van der Waals surface area contributed by atoms with E-state index in [0.717, 1.165) is 37.3 Å². The van der Waals surface area contributed by atoms with Crippen LogP contribution in [0.2, 0.25) is 0 Å². The minimum atomic E-state index is -0.579. The van der Waals surface area contributed by atoms with Gasteiger partial charge in [0.25, 0.3) is 0 Å². The zero-order chi connectivity index (χ0) is 17.3. The molecule has 5 nitrogen and oxygen atoms in total. The van der Waals surface area contributed by atoms with Gasteiger partial charge in [-0.15, -0.1) is 11.3 Å². The van der Waals surface area contributed by atoms with Crippen LogP contribution >= 0.6 is 11.3 Å². The highest BCUT2D eigenvalue weighted by molar-refractivity contribution is 7.09. The summed E-state index contributed by atoms with van der Waals surface area (Å²) >= 11 is 1.74. The predicted octanol–water partition coefficient (Wildman–Crippen LogP) is 3.67. The summed E-state index contributed by atoms with van der Waals surface area (Å²) in [5.41, 5.74) is 1.45. The van der Waals surface area contributed by atoms with Gasteiger partial charge in [-0.25, -0.2) is 9.97 Å². The lowest BCUT2D eigenvalue weighted by Gasteiger charge is -2.36. The summed E-state index contributed by atoms with van der Waals surface area (Å²) in [5, 5.41) is 3.34. The van der Waals surface area contributed by atoms with E-state index in [4.69, 9.17) is 4.98 Å². The maximum Gasteiger partial charge on any atom is 0.234 e. The Bertz CT molecular complexity index is 690. The van der Waals surface area contributed by atoms with E-state index in [-0.39, 0.29) is 5.91 Å². The van der Waals surface area contributed by atoms with Gasteiger partial charge in [0.2, 0.25) is 5.91 Å². The highest BCUT2D eigenvalue weighted by Gasteiger charge is 2.37. The van der Waals surface area contributed by atoms with Crippen molar-refractivity contribution < 1.29 is 4.79 Å². The second kappa shape index (κ2) is 6.67. The molecule has 24 heavy (non-hydrogen) atoms. The number of nitrogens with zero attached hydrogens (tertiary/aromatic N) is 3. The van der Waals surface area contributed by atoms with E-state index in [1.165, 1.54) is 5.01 Å². The molecular formula is C18H26N4OS. The molecule has 2 aromatic heterocycles. The van der Waals surface area contributed by atoms with Crippen LogP contribution in [-0.2, 0) is 10.2 Å². The Balaban J connectivity index is 1.74. The van der Waals surface area contributed by atoms with E-state index in [1.54, 1.807) is 23.9 Å². The molecule has 3 rings (SSSR count). The highest BCUT2D eigenvalue weighted by atomic mass is 32.1. The summed E-state index contributed by atoms with van der Waals surface area (Å²) in [6.45, 7) is 9.86. The fraction of sp³-hybridized carbons (Fsp3) is 0.611. The van der Waals surface area contributed by atoms with Gasteiger partial charge in [-0.1, -0.05) is 13.8 Å². The molecular weight excluding hydrogens is 320 g/mol. The monoisotopic (exact) mass is 346 g/mol. The number of piperidine rings is 1. The number of aromatic nitrogens is 3. The van der Waals surface area contributed by atoms with Crippen LogP contribution in [0.1, 0.15) is 68.8 Å². The molecule has 1 saturated heterocycles. The molecule has 6 heteroatoms. The number of carbonyl (C=O) groups excluding carboxylic acids is 1. The largest absolute Gasteiger partial charge is 0.348 e. The smallest absolute Gasteiger partial charge is 0.234 e. The predicted molar refractivity (Wildman–Crippen MR) is 96.4 cm³/mol. The first kappa shape index (κ1) is 17.1. The molecule has 1 fully saturated rings. The van der Waals surface area contributed by atoms with Crippen molar-refractivity contribution in [2.24, 2.45) is 0 Å². The lowest BCUT2D eigenvalue weighted by Crippen LogP contribution is -2.47. The van der Waals surface area contributed by atoms with Crippen LogP contribution in [-0.4, -0.2) is 38.8 Å². The maximum absolute atomic E-state index is 13.1. The van der Waals surface area contributed by atoms with Crippen molar-refractivity contribution >= 4 is 17.2 Å². The number of nitrogens with one attached hydrogen (secondary N) is 1. The number of imidazole rings is 1. The third-order valence-electron chi connectivity index (χ3n) is 4.90. The maximum atomic E-state index is 13.1. The molecule has 1 aliphatic rings. The zero-order valence-electron chi connectivity index (χ0n) is 14.9. The van der Waals surface area contributed by atoms with Crippen molar-refractivity contribution in [1.82, 2.24) is 19.9 Å². The minimum Gasteiger partial charge on any atom is -0.348 e. The molecule has 130 valence electrons. The van der Waals surface area contributed by atoms with E-state index < -0.39 is 5.41 Å². The molecule has 0 bridgehead atoms. The SMILES string of the molecule is CC(C)c1csc([C@@H]2CCCN(C(=O)C(C)(C)c3cnc[nH]3)C2)n1. The quantitative estimate of drug-likeness (QED) is 0.919. The van der Waals surface area contributed by atoms with E-state index in [1.807, 2.05) is 18.7 Å². The Labute approximate surface area is 147 Å². The molecule has 0 radical (unpaired) electrons. The molecule has 0 aliphatic carbocycles. The average Bonchev–Trinajstić information content (AvgIpc) is 3.25. The Kier molecular flexibility index (Phi) is 4.76. The number of amides is 1. The van der Waals surface area contributed by atoms with E-state index >= 15 is 0 Å². The lowest BCUT2D eigenvalue weighted by molar-refractivity contribution is -0.137. The van der Waals surface area contributed by atoms with Crippen LogP contribution in [0.3, 0.4) is 0 Å². The van der Waals surface area contributed by atoms with E-state index in [2.05, 4.69) is 29.2 Å². The first-order valence-electron chi connectivity index (χ1n) is 8.63. The number of hydrogen-bond donors (Lipinski definition) is 1. The summed E-state index contributed by atoms with van der Waals surface area (Å²) in [6, 6.07) is 0. The zero-order valence-corrected chi connectivity index (χ0v) is 15.7. The van der Waals surface area contributed by atoms with Crippen LogP contribution < -0.4 is 0 Å². The number of likely N-dealkylation sites (tertiary alicyclic amines) is 1.